The van der Waals surface area contributed by atoms with Crippen molar-refractivity contribution < 1.29 is 10.2 Å². The standard InChI is InChI=1S/C16H13ClN4O3/c17-8-5-6-10-11(7-8)20-16(24)14(19-10)13(21-18)15(23)9-3-1-2-4-12(9)22/h1-7,15,22-23H,18H2,(H,20,24)/b21-13-. The van der Waals surface area contributed by atoms with Crippen LogP contribution < -0.4 is 11.4 Å². The van der Waals surface area contributed by atoms with E-state index in [1.165, 1.54) is 12.1 Å². The monoisotopic (exact) mass is 344 g/mol. The van der Waals surface area contributed by atoms with Gasteiger partial charge in [0.2, 0.25) is 0 Å². The minimum Gasteiger partial charge on any atom is -0.508 e. The van der Waals surface area contributed by atoms with Gasteiger partial charge in [-0.3, -0.25) is 4.79 Å². The summed E-state index contributed by atoms with van der Waals surface area (Å²) >= 11 is 5.89. The number of para-hydroxylation sites is 1. The summed E-state index contributed by atoms with van der Waals surface area (Å²) in [6.45, 7) is 0. The summed E-state index contributed by atoms with van der Waals surface area (Å²) in [6.07, 6.45) is -1.41. The number of H-pyrrole nitrogens is 1. The number of nitrogens with two attached hydrogens (primary N) is 1. The molecule has 0 aliphatic carbocycles. The Morgan fingerprint density at radius 1 is 1.29 bits per heavy atom. The van der Waals surface area contributed by atoms with Crippen molar-refractivity contribution in [1.82, 2.24) is 9.97 Å². The predicted molar refractivity (Wildman–Crippen MR) is 91.2 cm³/mol. The van der Waals surface area contributed by atoms with Crippen LogP contribution in [0.1, 0.15) is 17.4 Å². The van der Waals surface area contributed by atoms with Crippen LogP contribution in [0.25, 0.3) is 11.0 Å². The number of nitrogens with zero attached hydrogens (tertiary/aromatic N) is 2. The first kappa shape index (κ1) is 16.0. The molecule has 8 heteroatoms. The lowest BCUT2D eigenvalue weighted by Gasteiger charge is -2.14. The average Bonchev–Trinajstić information content (AvgIpc) is 2.56. The zero-order chi connectivity index (χ0) is 17.3. The van der Waals surface area contributed by atoms with E-state index in [1.54, 1.807) is 30.3 Å². The van der Waals surface area contributed by atoms with Crippen LogP contribution in [0.5, 0.6) is 5.75 Å². The first-order chi connectivity index (χ1) is 11.5. The normalized spacial score (nSPS) is 13.2. The van der Waals surface area contributed by atoms with Gasteiger partial charge in [0.15, 0.2) is 5.69 Å². The topological polar surface area (TPSA) is 125 Å². The van der Waals surface area contributed by atoms with E-state index in [1.807, 2.05) is 0 Å². The minimum atomic E-state index is -1.41. The summed E-state index contributed by atoms with van der Waals surface area (Å²) in [7, 11) is 0. The molecular weight excluding hydrogens is 332 g/mol. The predicted octanol–water partition coefficient (Wildman–Crippen LogP) is 1.68. The van der Waals surface area contributed by atoms with Gasteiger partial charge in [0, 0.05) is 10.6 Å². The number of aromatic hydroxyl groups is 1. The van der Waals surface area contributed by atoms with Crippen LogP contribution in [-0.4, -0.2) is 25.9 Å². The van der Waals surface area contributed by atoms with E-state index in [0.717, 1.165) is 0 Å². The Balaban J connectivity index is 2.14. The Morgan fingerprint density at radius 2 is 2.04 bits per heavy atom. The van der Waals surface area contributed by atoms with Crippen LogP contribution in [0.4, 0.5) is 0 Å². The molecule has 0 spiro atoms. The summed E-state index contributed by atoms with van der Waals surface area (Å²) < 4.78 is 0. The highest BCUT2D eigenvalue weighted by Crippen LogP contribution is 2.26. The lowest BCUT2D eigenvalue weighted by Crippen LogP contribution is -2.26. The second-order valence-electron chi connectivity index (χ2n) is 5.05. The molecule has 0 saturated heterocycles. The highest BCUT2D eigenvalue weighted by Gasteiger charge is 2.24. The van der Waals surface area contributed by atoms with Crippen LogP contribution in [-0.2, 0) is 0 Å². The van der Waals surface area contributed by atoms with Gasteiger partial charge >= 0.3 is 0 Å². The smallest absolute Gasteiger partial charge is 0.276 e. The summed E-state index contributed by atoms with van der Waals surface area (Å²) in [5.41, 5.74) is 0.199. The molecule has 0 fully saturated rings. The van der Waals surface area contributed by atoms with Crippen molar-refractivity contribution in [3.8, 4) is 5.75 Å². The maximum atomic E-state index is 12.3. The van der Waals surface area contributed by atoms with Crippen LogP contribution in [0.15, 0.2) is 52.4 Å². The van der Waals surface area contributed by atoms with E-state index in [4.69, 9.17) is 17.4 Å². The van der Waals surface area contributed by atoms with Crippen molar-refractivity contribution in [3.05, 3.63) is 69.1 Å². The van der Waals surface area contributed by atoms with Crippen molar-refractivity contribution in [2.45, 2.75) is 6.10 Å². The maximum absolute atomic E-state index is 12.3. The fourth-order valence-electron chi connectivity index (χ4n) is 2.36. The Morgan fingerprint density at radius 3 is 2.75 bits per heavy atom. The van der Waals surface area contributed by atoms with E-state index >= 15 is 0 Å². The second-order valence-corrected chi connectivity index (χ2v) is 5.49. The average molecular weight is 345 g/mol. The van der Waals surface area contributed by atoms with Gasteiger partial charge in [0.1, 0.15) is 17.6 Å². The number of halogens is 1. The number of hydrazone groups is 1. The molecule has 122 valence electrons. The van der Waals surface area contributed by atoms with Crippen LogP contribution >= 0.6 is 11.6 Å². The van der Waals surface area contributed by atoms with Gasteiger partial charge in [-0.2, -0.15) is 5.10 Å². The Labute approximate surface area is 141 Å². The summed E-state index contributed by atoms with van der Waals surface area (Å²) in [4.78, 5) is 19.1. The molecule has 3 rings (SSSR count). The molecule has 0 saturated carbocycles. The van der Waals surface area contributed by atoms with Crippen molar-refractivity contribution in [2.24, 2.45) is 10.9 Å². The first-order valence-electron chi connectivity index (χ1n) is 6.95. The van der Waals surface area contributed by atoms with E-state index in [0.29, 0.717) is 16.1 Å². The SMILES string of the molecule is N/N=C(/c1nc2ccc(Cl)cc2[nH]c1=O)C(O)c1ccccc1O. The molecule has 24 heavy (non-hydrogen) atoms. The number of aromatic nitrogens is 2. The number of hydrogen-bond acceptors (Lipinski definition) is 6. The number of phenols is 1. The summed E-state index contributed by atoms with van der Waals surface area (Å²) in [6, 6.07) is 11.0. The third kappa shape index (κ3) is 2.82. The maximum Gasteiger partial charge on any atom is 0.276 e. The van der Waals surface area contributed by atoms with Gasteiger partial charge in [-0.1, -0.05) is 29.8 Å². The molecular formula is C16H13ClN4O3. The third-order valence-corrected chi connectivity index (χ3v) is 3.76. The number of aromatic amines is 1. The molecule has 0 radical (unpaired) electrons. The Bertz CT molecular complexity index is 1000. The number of aliphatic hydroxyl groups excluding tert-OH is 1. The molecule has 0 aliphatic heterocycles. The minimum absolute atomic E-state index is 0.136. The van der Waals surface area contributed by atoms with E-state index in [9.17, 15) is 15.0 Å². The zero-order valence-electron chi connectivity index (χ0n) is 12.3. The quantitative estimate of drug-likeness (QED) is 0.327. The number of fused-ring (bicyclic) bond motifs is 1. The highest BCUT2D eigenvalue weighted by atomic mass is 35.5. The molecule has 2 aromatic carbocycles. The Hall–Kier alpha value is -2.90. The number of aliphatic hydroxyl groups is 1. The third-order valence-electron chi connectivity index (χ3n) is 3.53. The molecule has 1 atom stereocenters. The zero-order valence-corrected chi connectivity index (χ0v) is 13.0. The summed E-state index contributed by atoms with van der Waals surface area (Å²) in [5, 5.41) is 24.3. The van der Waals surface area contributed by atoms with Crippen LogP contribution in [0.3, 0.4) is 0 Å². The van der Waals surface area contributed by atoms with Gasteiger partial charge in [0.05, 0.1) is 11.0 Å². The highest BCUT2D eigenvalue weighted by molar-refractivity contribution is 6.31. The summed E-state index contributed by atoms with van der Waals surface area (Å²) in [5.74, 6) is 5.22. The fraction of sp³-hybridized carbons (Fsp3) is 0.0625. The first-order valence-corrected chi connectivity index (χ1v) is 7.32. The molecule has 0 bridgehead atoms. The van der Waals surface area contributed by atoms with Gasteiger partial charge in [-0.25, -0.2) is 4.98 Å². The fourth-order valence-corrected chi connectivity index (χ4v) is 2.53. The molecule has 0 aliphatic rings. The van der Waals surface area contributed by atoms with Crippen molar-refractivity contribution in [3.63, 3.8) is 0 Å². The molecule has 1 aromatic heterocycles. The molecule has 0 amide bonds. The van der Waals surface area contributed by atoms with Crippen molar-refractivity contribution >= 4 is 28.3 Å². The van der Waals surface area contributed by atoms with Crippen LogP contribution in [0.2, 0.25) is 5.02 Å². The van der Waals surface area contributed by atoms with E-state index < -0.39 is 11.7 Å². The molecule has 1 heterocycles. The number of hydrogen-bond donors (Lipinski definition) is 4. The molecule has 7 nitrogen and oxygen atoms in total. The number of rotatable bonds is 3. The molecule has 5 N–H and O–H groups in total. The number of nitrogens with one attached hydrogen (secondary N) is 1. The second kappa shape index (κ2) is 6.31. The largest absolute Gasteiger partial charge is 0.508 e. The molecule has 1 unspecified atom stereocenters. The van der Waals surface area contributed by atoms with E-state index in [2.05, 4.69) is 15.1 Å². The van der Waals surface area contributed by atoms with E-state index in [-0.39, 0.29) is 22.7 Å². The molecule has 3 aromatic rings. The van der Waals surface area contributed by atoms with Gasteiger partial charge < -0.3 is 21.0 Å². The van der Waals surface area contributed by atoms with Crippen LogP contribution in [0, 0.1) is 0 Å². The lowest BCUT2D eigenvalue weighted by molar-refractivity contribution is 0.242. The van der Waals surface area contributed by atoms with Crippen molar-refractivity contribution in [2.75, 3.05) is 0 Å². The lowest BCUT2D eigenvalue weighted by atomic mass is 10.0. The van der Waals surface area contributed by atoms with Crippen molar-refractivity contribution in [1.29, 1.82) is 0 Å². The number of benzene rings is 2. The number of phenolic OH excluding ortho intramolecular Hbond substituents is 1. The van der Waals surface area contributed by atoms with Gasteiger partial charge in [-0.15, -0.1) is 0 Å². The van der Waals surface area contributed by atoms with Gasteiger partial charge in [-0.05, 0) is 24.3 Å². The Kier molecular flexibility index (Phi) is 4.20. The van der Waals surface area contributed by atoms with Gasteiger partial charge in [0.25, 0.3) is 5.56 Å².